The van der Waals surface area contributed by atoms with Gasteiger partial charge in [-0.1, -0.05) is 25.4 Å². The number of nitrogens with zero attached hydrogens (tertiary/aromatic N) is 4. The molecule has 0 unspecified atom stereocenters. The van der Waals surface area contributed by atoms with Gasteiger partial charge in [0.2, 0.25) is 10.0 Å². The fourth-order valence-corrected chi connectivity index (χ4v) is 5.41. The number of piperazine rings is 1. The average Bonchev–Trinajstić information content (AvgIpc) is 3.17. The molecule has 0 spiro atoms. The molecule has 0 saturated carbocycles. The van der Waals surface area contributed by atoms with Crippen LogP contribution in [0.25, 0.3) is 0 Å². The number of hydrogen-bond donors (Lipinski definition) is 0. The first-order chi connectivity index (χ1) is 15.1. The van der Waals surface area contributed by atoms with Crippen LogP contribution in [0.2, 0.25) is 5.02 Å². The van der Waals surface area contributed by atoms with Gasteiger partial charge in [-0.25, -0.2) is 12.8 Å². The molecule has 0 aliphatic carbocycles. The van der Waals surface area contributed by atoms with Crippen LogP contribution in [-0.2, 0) is 17.1 Å². The molecule has 11 heteroatoms. The van der Waals surface area contributed by atoms with Gasteiger partial charge in [-0.15, -0.1) is 0 Å². The number of carbonyl (C=O) groups excluding carboxylic acids is 2. The molecule has 8 nitrogen and oxygen atoms in total. The highest BCUT2D eigenvalue weighted by Crippen LogP contribution is 2.21. The van der Waals surface area contributed by atoms with Gasteiger partial charge in [0.1, 0.15) is 16.4 Å². The Kier molecular flexibility index (Phi) is 7.26. The zero-order valence-electron chi connectivity index (χ0n) is 18.2. The van der Waals surface area contributed by atoms with Crippen LogP contribution in [0.4, 0.5) is 4.39 Å². The first-order valence-electron chi connectivity index (χ1n) is 10.3. The molecule has 1 aliphatic heterocycles. The maximum Gasteiger partial charge on any atom is 0.270 e. The van der Waals surface area contributed by atoms with Crippen molar-refractivity contribution in [3.63, 3.8) is 0 Å². The molecule has 0 radical (unpaired) electrons. The summed E-state index contributed by atoms with van der Waals surface area (Å²) in [6, 6.07) is 5.20. The second kappa shape index (κ2) is 9.60. The van der Waals surface area contributed by atoms with E-state index in [9.17, 15) is 22.4 Å². The number of benzene rings is 1. The first kappa shape index (κ1) is 24.2. The molecular weight excluding hydrogens is 459 g/mol. The van der Waals surface area contributed by atoms with Crippen molar-refractivity contribution in [2.24, 2.45) is 7.05 Å². The Bertz CT molecular complexity index is 1120. The minimum absolute atomic E-state index is 0.0669. The minimum Gasteiger partial charge on any atom is -0.345 e. The first-order valence-corrected chi connectivity index (χ1v) is 12.1. The second-order valence-electron chi connectivity index (χ2n) is 7.47. The summed E-state index contributed by atoms with van der Waals surface area (Å²) in [5, 5.41) is 0.266. The quantitative estimate of drug-likeness (QED) is 0.630. The van der Waals surface area contributed by atoms with Gasteiger partial charge >= 0.3 is 0 Å². The normalized spacial score (nSPS) is 14.8. The molecule has 32 heavy (non-hydrogen) atoms. The van der Waals surface area contributed by atoms with Crippen molar-refractivity contribution in [2.75, 3.05) is 39.3 Å². The number of hydrogen-bond acceptors (Lipinski definition) is 4. The predicted molar refractivity (Wildman–Crippen MR) is 119 cm³/mol. The van der Waals surface area contributed by atoms with Crippen LogP contribution in [-0.4, -0.2) is 78.2 Å². The molecule has 0 bridgehead atoms. The molecular formula is C21H26ClFN4O4S. The molecule has 1 aromatic heterocycles. The van der Waals surface area contributed by atoms with Gasteiger partial charge in [0.15, 0.2) is 0 Å². The highest BCUT2D eigenvalue weighted by atomic mass is 35.5. The lowest BCUT2D eigenvalue weighted by Gasteiger charge is -2.34. The van der Waals surface area contributed by atoms with Crippen LogP contribution < -0.4 is 0 Å². The summed E-state index contributed by atoms with van der Waals surface area (Å²) in [6.45, 7) is 5.13. The number of rotatable bonds is 6. The van der Waals surface area contributed by atoms with Gasteiger partial charge in [-0.05, 0) is 24.3 Å². The average molecular weight is 485 g/mol. The van der Waals surface area contributed by atoms with Crippen LogP contribution in [0, 0.1) is 5.82 Å². The molecule has 0 atom stereocenters. The number of sulfonamides is 1. The van der Waals surface area contributed by atoms with Gasteiger partial charge in [0, 0.05) is 57.5 Å². The minimum atomic E-state index is -3.68. The third-order valence-electron chi connectivity index (χ3n) is 5.56. The fourth-order valence-electron chi connectivity index (χ4n) is 3.71. The molecule has 1 aromatic carbocycles. The SMILES string of the molecule is CCN(CC)S(=O)(=O)c1cc(C(=O)N2CCN(C(=O)c3cc(Cl)ccc3F)CC2)n(C)c1. The van der Waals surface area contributed by atoms with E-state index in [1.807, 2.05) is 0 Å². The van der Waals surface area contributed by atoms with E-state index in [2.05, 4.69) is 0 Å². The zero-order chi connectivity index (χ0) is 23.6. The fraction of sp³-hybridized carbons (Fsp3) is 0.429. The summed E-state index contributed by atoms with van der Waals surface area (Å²) in [6.07, 6.45) is 1.43. The highest BCUT2D eigenvalue weighted by Gasteiger charge is 2.30. The number of aromatic nitrogens is 1. The molecule has 2 amide bonds. The highest BCUT2D eigenvalue weighted by molar-refractivity contribution is 7.89. The molecule has 1 aliphatic rings. The van der Waals surface area contributed by atoms with Crippen molar-refractivity contribution >= 4 is 33.4 Å². The van der Waals surface area contributed by atoms with E-state index >= 15 is 0 Å². The van der Waals surface area contributed by atoms with Crippen molar-refractivity contribution in [2.45, 2.75) is 18.7 Å². The molecule has 3 rings (SSSR count). The number of halogens is 2. The molecule has 2 aromatic rings. The maximum atomic E-state index is 14.0. The van der Waals surface area contributed by atoms with Crippen molar-refractivity contribution in [1.82, 2.24) is 18.7 Å². The van der Waals surface area contributed by atoms with E-state index in [-0.39, 0.29) is 53.3 Å². The summed E-state index contributed by atoms with van der Waals surface area (Å²) >= 11 is 5.88. The van der Waals surface area contributed by atoms with Gasteiger partial charge in [0.05, 0.1) is 5.56 Å². The van der Waals surface area contributed by atoms with E-state index in [1.54, 1.807) is 25.8 Å². The summed E-state index contributed by atoms with van der Waals surface area (Å²) in [5.41, 5.74) is 0.141. The zero-order valence-corrected chi connectivity index (χ0v) is 19.8. The predicted octanol–water partition coefficient (Wildman–Crippen LogP) is 2.45. The number of amides is 2. The molecule has 2 heterocycles. The summed E-state index contributed by atoms with van der Waals surface area (Å²) in [5.74, 6) is -1.46. The largest absolute Gasteiger partial charge is 0.345 e. The van der Waals surface area contributed by atoms with Crippen molar-refractivity contribution in [3.05, 3.63) is 52.6 Å². The van der Waals surface area contributed by atoms with Gasteiger partial charge in [-0.3, -0.25) is 9.59 Å². The van der Waals surface area contributed by atoms with E-state index in [1.165, 1.54) is 38.2 Å². The van der Waals surface area contributed by atoms with Crippen molar-refractivity contribution in [1.29, 1.82) is 0 Å². The molecule has 0 N–H and O–H groups in total. The summed E-state index contributed by atoms with van der Waals surface area (Å²) in [4.78, 5) is 28.8. The standard InChI is InChI=1S/C21H26ClFN4O4S/c1-4-27(5-2)32(30,31)16-13-19(24(3)14-16)21(29)26-10-8-25(9-11-26)20(28)17-12-15(22)6-7-18(17)23/h6-7,12-14H,4-5,8-11H2,1-3H3. The lowest BCUT2D eigenvalue weighted by molar-refractivity contribution is 0.0527. The van der Waals surface area contributed by atoms with Gasteiger partial charge < -0.3 is 14.4 Å². The second-order valence-corrected chi connectivity index (χ2v) is 9.84. The smallest absolute Gasteiger partial charge is 0.270 e. The van der Waals surface area contributed by atoms with Crippen molar-refractivity contribution < 1.29 is 22.4 Å². The lowest BCUT2D eigenvalue weighted by Crippen LogP contribution is -2.51. The van der Waals surface area contributed by atoms with Gasteiger partial charge in [0.25, 0.3) is 11.8 Å². The van der Waals surface area contributed by atoms with E-state index < -0.39 is 21.7 Å². The van der Waals surface area contributed by atoms with Crippen LogP contribution in [0.5, 0.6) is 0 Å². The Balaban J connectivity index is 1.72. The maximum absolute atomic E-state index is 14.0. The number of aryl methyl sites for hydroxylation is 1. The third kappa shape index (κ3) is 4.67. The van der Waals surface area contributed by atoms with E-state index in [0.29, 0.717) is 13.1 Å². The Labute approximate surface area is 192 Å². The topological polar surface area (TPSA) is 82.9 Å². The molecule has 1 saturated heterocycles. The van der Waals surface area contributed by atoms with Crippen LogP contribution in [0.3, 0.4) is 0 Å². The molecule has 1 fully saturated rings. The molecule has 174 valence electrons. The summed E-state index contributed by atoms with van der Waals surface area (Å²) in [7, 11) is -2.06. The number of carbonyl (C=O) groups is 2. The van der Waals surface area contributed by atoms with Crippen molar-refractivity contribution in [3.8, 4) is 0 Å². The monoisotopic (exact) mass is 484 g/mol. The Morgan fingerprint density at radius 2 is 1.59 bits per heavy atom. The lowest BCUT2D eigenvalue weighted by atomic mass is 10.1. The van der Waals surface area contributed by atoms with E-state index in [0.717, 1.165) is 6.07 Å². The third-order valence-corrected chi connectivity index (χ3v) is 7.81. The summed E-state index contributed by atoms with van der Waals surface area (Å²) < 4.78 is 42.4. The van der Waals surface area contributed by atoms with Crippen LogP contribution in [0.15, 0.2) is 35.4 Å². The Morgan fingerprint density at radius 1 is 1.03 bits per heavy atom. The van der Waals surface area contributed by atoms with Crippen LogP contribution >= 0.6 is 11.6 Å². The Hall–Kier alpha value is -2.43. The van der Waals surface area contributed by atoms with Gasteiger partial charge in [-0.2, -0.15) is 4.31 Å². The Morgan fingerprint density at radius 3 is 2.16 bits per heavy atom. The van der Waals surface area contributed by atoms with Crippen LogP contribution in [0.1, 0.15) is 34.7 Å². The van der Waals surface area contributed by atoms with E-state index in [4.69, 9.17) is 11.6 Å².